The summed E-state index contributed by atoms with van der Waals surface area (Å²) in [6.45, 7) is 0. The number of hydrogen-bond donors (Lipinski definition) is 1. The van der Waals surface area contributed by atoms with E-state index in [0.717, 1.165) is 29.4 Å². The van der Waals surface area contributed by atoms with E-state index in [2.05, 4.69) is 24.3 Å². The van der Waals surface area contributed by atoms with Gasteiger partial charge in [0.05, 0.1) is 0 Å². The van der Waals surface area contributed by atoms with Gasteiger partial charge in [0.25, 0.3) is 5.91 Å². The Hall–Kier alpha value is -1.82. The van der Waals surface area contributed by atoms with Gasteiger partial charge in [-0.2, -0.15) is 11.8 Å². The molecule has 1 fully saturated rings. The van der Waals surface area contributed by atoms with Crippen LogP contribution < -0.4 is 0 Å². The maximum atomic E-state index is 11.7. The van der Waals surface area contributed by atoms with Crippen molar-refractivity contribution >= 4 is 29.5 Å². The molecule has 1 amide bonds. The second-order valence-corrected chi connectivity index (χ2v) is 6.54. The van der Waals surface area contributed by atoms with E-state index in [9.17, 15) is 9.59 Å². The number of allylic oxidation sites excluding steroid dienone is 5. The third kappa shape index (κ3) is 6.06. The van der Waals surface area contributed by atoms with E-state index in [1.165, 1.54) is 5.57 Å². The summed E-state index contributed by atoms with van der Waals surface area (Å²) in [4.78, 5) is 28.0. The van der Waals surface area contributed by atoms with E-state index in [0.29, 0.717) is 12.8 Å². The Morgan fingerprint density at radius 1 is 1.26 bits per heavy atom. The van der Waals surface area contributed by atoms with Gasteiger partial charge in [0, 0.05) is 25.0 Å². The molecule has 1 aliphatic heterocycles. The van der Waals surface area contributed by atoms with Crippen molar-refractivity contribution in [2.75, 3.05) is 11.5 Å². The monoisotopic (exact) mass is 334 g/mol. The van der Waals surface area contributed by atoms with Crippen LogP contribution >= 0.6 is 11.8 Å². The first-order valence-corrected chi connectivity index (χ1v) is 9.02. The van der Waals surface area contributed by atoms with Crippen molar-refractivity contribution in [3.8, 4) is 0 Å². The van der Waals surface area contributed by atoms with Crippen LogP contribution in [-0.4, -0.2) is 34.3 Å². The van der Waals surface area contributed by atoms with Crippen molar-refractivity contribution in [3.05, 3.63) is 36.0 Å². The van der Waals surface area contributed by atoms with Crippen molar-refractivity contribution in [1.82, 2.24) is 5.06 Å². The molecule has 0 saturated carbocycles. The van der Waals surface area contributed by atoms with Gasteiger partial charge >= 0.3 is 5.97 Å². The fourth-order valence-electron chi connectivity index (χ4n) is 2.26. The van der Waals surface area contributed by atoms with Crippen LogP contribution in [0.2, 0.25) is 0 Å². The maximum absolute atomic E-state index is 11.7. The normalized spacial score (nSPS) is 17.9. The standard InChI is InChI=1S/C17H22N2O3S/c18-15-10-11-16(20)19(15)22-17(21)9-6-12-23-13-14-7-4-2-1-3-5-8-14/h1-4,7,18H,5-6,8-13H2. The molecule has 0 unspecified atom stereocenters. The minimum Gasteiger partial charge on any atom is -0.332 e. The smallest absolute Gasteiger partial charge is 0.332 e. The van der Waals surface area contributed by atoms with E-state index in [4.69, 9.17) is 10.2 Å². The summed E-state index contributed by atoms with van der Waals surface area (Å²) in [5.74, 6) is 1.16. The number of amides is 1. The number of hydrogen-bond acceptors (Lipinski definition) is 5. The molecule has 1 heterocycles. The fourth-order valence-corrected chi connectivity index (χ4v) is 3.25. The second-order valence-electron chi connectivity index (χ2n) is 5.43. The lowest BCUT2D eigenvalue weighted by atomic mass is 10.1. The lowest BCUT2D eigenvalue weighted by molar-refractivity contribution is -0.180. The molecule has 2 rings (SSSR count). The predicted octanol–water partition coefficient (Wildman–Crippen LogP) is 3.39. The molecule has 1 saturated heterocycles. The summed E-state index contributed by atoms with van der Waals surface area (Å²) < 4.78 is 0. The van der Waals surface area contributed by atoms with Gasteiger partial charge in [-0.1, -0.05) is 36.0 Å². The molecule has 2 aliphatic rings. The molecule has 5 nitrogen and oxygen atoms in total. The molecule has 1 N–H and O–H groups in total. The highest BCUT2D eigenvalue weighted by atomic mass is 32.2. The van der Waals surface area contributed by atoms with E-state index in [1.807, 2.05) is 6.08 Å². The first-order valence-electron chi connectivity index (χ1n) is 7.87. The lowest BCUT2D eigenvalue weighted by Gasteiger charge is -2.14. The quantitative estimate of drug-likeness (QED) is 0.725. The number of rotatable bonds is 7. The first-order chi connectivity index (χ1) is 11.2. The third-order valence-electron chi connectivity index (χ3n) is 3.52. The van der Waals surface area contributed by atoms with Crippen molar-refractivity contribution in [2.24, 2.45) is 0 Å². The average Bonchev–Trinajstić information content (AvgIpc) is 2.80. The van der Waals surface area contributed by atoms with Crippen molar-refractivity contribution < 1.29 is 14.4 Å². The number of carbonyl (C=O) groups excluding carboxylic acids is 2. The highest BCUT2D eigenvalue weighted by Crippen LogP contribution is 2.17. The van der Waals surface area contributed by atoms with E-state index >= 15 is 0 Å². The highest BCUT2D eigenvalue weighted by molar-refractivity contribution is 7.99. The number of thioether (sulfide) groups is 1. The zero-order valence-electron chi connectivity index (χ0n) is 13.1. The van der Waals surface area contributed by atoms with E-state index < -0.39 is 5.97 Å². The van der Waals surface area contributed by atoms with Crippen LogP contribution in [0.25, 0.3) is 0 Å². The molecule has 0 atom stereocenters. The maximum Gasteiger partial charge on any atom is 0.333 e. The molecule has 0 aromatic heterocycles. The van der Waals surface area contributed by atoms with E-state index in [-0.39, 0.29) is 24.6 Å². The summed E-state index contributed by atoms with van der Waals surface area (Å²) in [5.41, 5.74) is 1.41. The van der Waals surface area contributed by atoms with Gasteiger partial charge in [-0.05, 0) is 25.0 Å². The van der Waals surface area contributed by atoms with Crippen molar-refractivity contribution in [1.29, 1.82) is 5.41 Å². The molecule has 1 aliphatic carbocycles. The summed E-state index contributed by atoms with van der Waals surface area (Å²) in [7, 11) is 0. The molecular formula is C17H22N2O3S. The number of hydroxylamine groups is 2. The first kappa shape index (κ1) is 17.5. The minimum absolute atomic E-state index is 0.0658. The fraction of sp³-hybridized carbons (Fsp3) is 0.471. The van der Waals surface area contributed by atoms with Gasteiger partial charge in [0.15, 0.2) is 0 Å². The van der Waals surface area contributed by atoms with Crippen LogP contribution in [0.15, 0.2) is 36.0 Å². The van der Waals surface area contributed by atoms with Crippen molar-refractivity contribution in [3.63, 3.8) is 0 Å². The second kappa shape index (κ2) is 9.35. The van der Waals surface area contributed by atoms with Gasteiger partial charge < -0.3 is 4.84 Å². The number of nitrogens with zero attached hydrogens (tertiary/aromatic N) is 1. The largest absolute Gasteiger partial charge is 0.333 e. The minimum atomic E-state index is -0.441. The highest BCUT2D eigenvalue weighted by Gasteiger charge is 2.29. The Bertz CT molecular complexity index is 536. The average molecular weight is 334 g/mol. The summed E-state index contributed by atoms with van der Waals surface area (Å²) >= 11 is 1.80. The Labute approximate surface area is 140 Å². The molecule has 124 valence electrons. The molecule has 6 heteroatoms. The molecular weight excluding hydrogens is 312 g/mol. The predicted molar refractivity (Wildman–Crippen MR) is 92.1 cm³/mol. The topological polar surface area (TPSA) is 70.5 Å². The Balaban J connectivity index is 1.59. The summed E-state index contributed by atoms with van der Waals surface area (Å²) in [6.07, 6.45) is 14.2. The lowest BCUT2D eigenvalue weighted by Crippen LogP contribution is -2.31. The number of nitrogens with one attached hydrogen (secondary N) is 1. The summed E-state index contributed by atoms with van der Waals surface area (Å²) in [6, 6.07) is 0. The molecule has 0 aromatic rings. The summed E-state index contributed by atoms with van der Waals surface area (Å²) in [5, 5.41) is 8.35. The molecule has 0 aromatic carbocycles. The zero-order chi connectivity index (χ0) is 16.5. The van der Waals surface area contributed by atoms with Crippen LogP contribution in [0.4, 0.5) is 0 Å². The molecule has 0 bridgehead atoms. The molecule has 0 spiro atoms. The van der Waals surface area contributed by atoms with Crippen LogP contribution in [0.5, 0.6) is 0 Å². The SMILES string of the molecule is N=C1CCC(=O)N1OC(=O)CCCSCC1=CC=CC=CCC1. The van der Waals surface area contributed by atoms with Crippen LogP contribution in [0.1, 0.15) is 38.5 Å². The van der Waals surface area contributed by atoms with Gasteiger partial charge in [-0.3, -0.25) is 10.2 Å². The number of amidine groups is 1. The van der Waals surface area contributed by atoms with Gasteiger partial charge in [-0.25, -0.2) is 4.79 Å². The molecule has 23 heavy (non-hydrogen) atoms. The van der Waals surface area contributed by atoms with Crippen LogP contribution in [0, 0.1) is 5.41 Å². The van der Waals surface area contributed by atoms with Crippen LogP contribution in [0.3, 0.4) is 0 Å². The Morgan fingerprint density at radius 3 is 2.91 bits per heavy atom. The van der Waals surface area contributed by atoms with E-state index in [1.54, 1.807) is 11.8 Å². The third-order valence-corrected chi connectivity index (χ3v) is 4.67. The van der Waals surface area contributed by atoms with Crippen molar-refractivity contribution in [2.45, 2.75) is 38.5 Å². The van der Waals surface area contributed by atoms with Gasteiger partial charge in [0.1, 0.15) is 5.84 Å². The zero-order valence-corrected chi connectivity index (χ0v) is 13.9. The van der Waals surface area contributed by atoms with Gasteiger partial charge in [-0.15, -0.1) is 5.06 Å². The number of carbonyl (C=O) groups is 2. The Morgan fingerprint density at radius 2 is 2.13 bits per heavy atom. The van der Waals surface area contributed by atoms with Gasteiger partial charge in [0.2, 0.25) is 0 Å². The Kier molecular flexibility index (Phi) is 7.13. The van der Waals surface area contributed by atoms with Crippen LogP contribution in [-0.2, 0) is 14.4 Å². The molecule has 0 radical (unpaired) electrons.